The van der Waals surface area contributed by atoms with Gasteiger partial charge in [-0.2, -0.15) is 0 Å². The molecular formula is C14H15FN2O2S. The molecule has 2 rings (SSSR count). The Labute approximate surface area is 117 Å². The van der Waals surface area contributed by atoms with Crippen LogP contribution in [-0.2, 0) is 10.0 Å². The average Bonchev–Trinajstić information content (AvgIpc) is 2.25. The van der Waals surface area contributed by atoms with Gasteiger partial charge in [-0.3, -0.25) is 4.72 Å². The minimum atomic E-state index is -3.79. The molecule has 20 heavy (non-hydrogen) atoms. The maximum atomic E-state index is 13.2. The van der Waals surface area contributed by atoms with E-state index in [1.807, 2.05) is 6.92 Å². The van der Waals surface area contributed by atoms with E-state index in [2.05, 4.69) is 9.71 Å². The van der Waals surface area contributed by atoms with Gasteiger partial charge < -0.3 is 0 Å². The first-order valence-corrected chi connectivity index (χ1v) is 7.50. The van der Waals surface area contributed by atoms with Gasteiger partial charge in [0.1, 0.15) is 11.6 Å². The van der Waals surface area contributed by atoms with E-state index in [1.54, 1.807) is 26.0 Å². The van der Waals surface area contributed by atoms with Crippen LogP contribution in [0.2, 0.25) is 0 Å². The lowest BCUT2D eigenvalue weighted by Crippen LogP contribution is -2.16. The Morgan fingerprint density at radius 3 is 2.25 bits per heavy atom. The molecule has 0 bridgehead atoms. The third-order valence-electron chi connectivity index (χ3n) is 2.85. The van der Waals surface area contributed by atoms with Crippen molar-refractivity contribution in [2.75, 3.05) is 4.72 Å². The molecule has 0 atom stereocenters. The summed E-state index contributed by atoms with van der Waals surface area (Å²) < 4.78 is 40.4. The van der Waals surface area contributed by atoms with Gasteiger partial charge in [-0.05, 0) is 61.7 Å². The van der Waals surface area contributed by atoms with Gasteiger partial charge in [-0.1, -0.05) is 0 Å². The summed E-state index contributed by atoms with van der Waals surface area (Å²) in [5.41, 5.74) is 1.62. The Morgan fingerprint density at radius 2 is 1.70 bits per heavy atom. The fourth-order valence-electron chi connectivity index (χ4n) is 2.10. The molecule has 0 aliphatic rings. The van der Waals surface area contributed by atoms with E-state index in [0.29, 0.717) is 11.1 Å². The van der Waals surface area contributed by atoms with E-state index >= 15 is 0 Å². The quantitative estimate of drug-likeness (QED) is 0.946. The maximum Gasteiger partial charge on any atom is 0.263 e. The second kappa shape index (κ2) is 5.20. The second-order valence-corrected chi connectivity index (χ2v) is 6.31. The van der Waals surface area contributed by atoms with E-state index in [4.69, 9.17) is 0 Å². The molecule has 106 valence electrons. The van der Waals surface area contributed by atoms with Crippen molar-refractivity contribution >= 4 is 15.8 Å². The summed E-state index contributed by atoms with van der Waals surface area (Å²) in [7, 11) is -3.79. The van der Waals surface area contributed by atoms with Crippen molar-refractivity contribution in [3.63, 3.8) is 0 Å². The van der Waals surface area contributed by atoms with Crippen molar-refractivity contribution in [2.24, 2.45) is 0 Å². The third-order valence-corrected chi connectivity index (χ3v) is 4.51. The smallest absolute Gasteiger partial charge is 0.263 e. The topological polar surface area (TPSA) is 59.1 Å². The predicted octanol–water partition coefficient (Wildman–Crippen LogP) is 2.95. The number of aryl methyl sites for hydroxylation is 3. The Kier molecular flexibility index (Phi) is 3.76. The van der Waals surface area contributed by atoms with Crippen molar-refractivity contribution in [1.29, 1.82) is 0 Å². The lowest BCUT2D eigenvalue weighted by Gasteiger charge is -2.12. The van der Waals surface area contributed by atoms with Crippen molar-refractivity contribution in [3.8, 4) is 0 Å². The van der Waals surface area contributed by atoms with Crippen LogP contribution in [0.4, 0.5) is 10.2 Å². The van der Waals surface area contributed by atoms with E-state index in [0.717, 1.165) is 5.56 Å². The Morgan fingerprint density at radius 1 is 1.10 bits per heavy atom. The largest absolute Gasteiger partial charge is 0.263 e. The summed E-state index contributed by atoms with van der Waals surface area (Å²) in [4.78, 5) is 4.05. The summed E-state index contributed by atoms with van der Waals surface area (Å²) in [6.07, 6.45) is 1.53. The molecule has 1 aromatic carbocycles. The Balaban J connectivity index is 2.46. The van der Waals surface area contributed by atoms with Crippen LogP contribution in [-0.4, -0.2) is 13.4 Å². The van der Waals surface area contributed by atoms with Crippen LogP contribution in [0.3, 0.4) is 0 Å². The number of hydrogen-bond donors (Lipinski definition) is 1. The monoisotopic (exact) mass is 294 g/mol. The van der Waals surface area contributed by atoms with Crippen molar-refractivity contribution in [3.05, 3.63) is 53.0 Å². The first-order valence-electron chi connectivity index (χ1n) is 6.02. The molecule has 6 heteroatoms. The average molecular weight is 294 g/mol. The zero-order chi connectivity index (χ0) is 14.9. The van der Waals surface area contributed by atoms with Gasteiger partial charge in [0.05, 0.1) is 4.90 Å². The predicted molar refractivity (Wildman–Crippen MR) is 75.7 cm³/mol. The highest BCUT2D eigenvalue weighted by Crippen LogP contribution is 2.23. The Hall–Kier alpha value is -1.95. The minimum absolute atomic E-state index is 0.0854. The number of benzene rings is 1. The molecule has 0 fully saturated rings. The number of halogens is 1. The molecule has 0 radical (unpaired) electrons. The van der Waals surface area contributed by atoms with Crippen LogP contribution in [0, 0.1) is 26.6 Å². The van der Waals surface area contributed by atoms with Crippen molar-refractivity contribution in [1.82, 2.24) is 4.98 Å². The third kappa shape index (κ3) is 2.96. The van der Waals surface area contributed by atoms with E-state index in [-0.39, 0.29) is 10.7 Å². The first kappa shape index (κ1) is 14.5. The van der Waals surface area contributed by atoms with Gasteiger partial charge in [0.15, 0.2) is 0 Å². The van der Waals surface area contributed by atoms with Crippen LogP contribution in [0.25, 0.3) is 0 Å². The molecule has 0 saturated carbocycles. The zero-order valence-electron chi connectivity index (χ0n) is 11.4. The number of nitrogens with one attached hydrogen (secondary N) is 1. The summed E-state index contributed by atoms with van der Waals surface area (Å²) >= 11 is 0. The van der Waals surface area contributed by atoms with Crippen LogP contribution in [0.15, 0.2) is 35.4 Å². The van der Waals surface area contributed by atoms with Gasteiger partial charge >= 0.3 is 0 Å². The van der Waals surface area contributed by atoms with Gasteiger partial charge in [-0.25, -0.2) is 17.8 Å². The molecule has 1 N–H and O–H groups in total. The fraction of sp³-hybridized carbons (Fsp3) is 0.214. The molecule has 1 aromatic heterocycles. The first-order chi connectivity index (χ1) is 9.29. The highest BCUT2D eigenvalue weighted by Gasteiger charge is 2.21. The summed E-state index contributed by atoms with van der Waals surface area (Å²) in [5.74, 6) is -0.208. The highest BCUT2D eigenvalue weighted by atomic mass is 32.2. The SMILES string of the molecule is Cc1ccnc(NS(=O)(=O)c2c(C)cc(F)cc2C)c1. The van der Waals surface area contributed by atoms with Crippen LogP contribution in [0.5, 0.6) is 0 Å². The van der Waals surface area contributed by atoms with Crippen molar-refractivity contribution < 1.29 is 12.8 Å². The van der Waals surface area contributed by atoms with Crippen LogP contribution in [0.1, 0.15) is 16.7 Å². The highest BCUT2D eigenvalue weighted by molar-refractivity contribution is 7.92. The Bertz CT molecular complexity index is 735. The molecule has 1 heterocycles. The molecular weight excluding hydrogens is 279 g/mol. The number of rotatable bonds is 3. The summed E-state index contributed by atoms with van der Waals surface area (Å²) in [5, 5.41) is 0. The van der Waals surface area contributed by atoms with Gasteiger partial charge in [-0.15, -0.1) is 0 Å². The number of anilines is 1. The zero-order valence-corrected chi connectivity index (χ0v) is 12.3. The molecule has 2 aromatic rings. The minimum Gasteiger partial charge on any atom is -0.263 e. The maximum absolute atomic E-state index is 13.2. The lowest BCUT2D eigenvalue weighted by molar-refractivity contribution is 0.597. The summed E-state index contributed by atoms with van der Waals surface area (Å²) in [6.45, 7) is 4.97. The van der Waals surface area contributed by atoms with Crippen molar-refractivity contribution in [2.45, 2.75) is 25.7 Å². The molecule has 0 unspecified atom stereocenters. The number of aromatic nitrogens is 1. The van der Waals surface area contributed by atoms with Crippen LogP contribution >= 0.6 is 0 Å². The molecule has 0 amide bonds. The van der Waals surface area contributed by atoms with E-state index in [9.17, 15) is 12.8 Å². The molecule has 0 spiro atoms. The van der Waals surface area contributed by atoms with E-state index in [1.165, 1.54) is 18.3 Å². The lowest BCUT2D eigenvalue weighted by atomic mass is 10.1. The molecule has 4 nitrogen and oxygen atoms in total. The van der Waals surface area contributed by atoms with E-state index < -0.39 is 15.8 Å². The normalized spacial score (nSPS) is 11.4. The fourth-order valence-corrected chi connectivity index (χ4v) is 3.56. The number of hydrogen-bond acceptors (Lipinski definition) is 3. The molecule has 0 aliphatic carbocycles. The number of sulfonamides is 1. The van der Waals surface area contributed by atoms with Gasteiger partial charge in [0.2, 0.25) is 0 Å². The summed E-state index contributed by atoms with van der Waals surface area (Å²) in [6, 6.07) is 5.80. The second-order valence-electron chi connectivity index (χ2n) is 4.69. The van der Waals surface area contributed by atoms with Gasteiger partial charge in [0, 0.05) is 6.20 Å². The number of nitrogens with zero attached hydrogens (tertiary/aromatic N) is 1. The molecule has 0 aliphatic heterocycles. The van der Waals surface area contributed by atoms with Crippen LogP contribution < -0.4 is 4.72 Å². The molecule has 0 saturated heterocycles. The standard InChI is InChI=1S/C14H15FN2O2S/c1-9-4-5-16-13(6-9)17-20(18,19)14-10(2)7-12(15)8-11(14)3/h4-8H,1-3H3,(H,16,17). The van der Waals surface area contributed by atoms with Gasteiger partial charge in [0.25, 0.3) is 10.0 Å². The number of pyridine rings is 1.